The maximum atomic E-state index is 13.7. The molecule has 0 amide bonds. The van der Waals surface area contributed by atoms with Crippen LogP contribution in [0.4, 0.5) is 18.9 Å². The first-order chi connectivity index (χ1) is 10.1. The van der Waals surface area contributed by atoms with E-state index in [-0.39, 0.29) is 0 Å². The summed E-state index contributed by atoms with van der Waals surface area (Å²) < 4.78 is 42.0. The Labute approximate surface area is 122 Å². The van der Waals surface area contributed by atoms with E-state index in [1.54, 1.807) is 6.07 Å². The highest BCUT2D eigenvalue weighted by molar-refractivity contribution is 5.48. The number of anilines is 1. The summed E-state index contributed by atoms with van der Waals surface area (Å²) in [5, 5.41) is 3.31. The summed E-state index contributed by atoms with van der Waals surface area (Å²) in [7, 11) is 0. The van der Waals surface area contributed by atoms with Crippen LogP contribution < -0.4 is 10.1 Å². The number of piperidine rings is 1. The van der Waals surface area contributed by atoms with Crippen molar-refractivity contribution < 1.29 is 17.9 Å². The minimum atomic E-state index is -3.01. The number of nitrogens with zero attached hydrogens (tertiary/aromatic N) is 1. The van der Waals surface area contributed by atoms with Crippen molar-refractivity contribution in [2.45, 2.75) is 44.4 Å². The van der Waals surface area contributed by atoms with E-state index in [4.69, 9.17) is 0 Å². The molecule has 0 spiro atoms. The molecule has 1 N–H and O–H groups in total. The zero-order valence-corrected chi connectivity index (χ0v) is 11.7. The van der Waals surface area contributed by atoms with Crippen LogP contribution in [0.25, 0.3) is 0 Å². The quantitative estimate of drug-likeness (QED) is 0.921. The summed E-state index contributed by atoms with van der Waals surface area (Å²) in [6, 6.07) is 4.99. The summed E-state index contributed by atoms with van der Waals surface area (Å²) in [6.45, 7) is -0.756. The molecule has 0 aliphatic carbocycles. The first-order valence-corrected chi connectivity index (χ1v) is 7.37. The molecule has 116 valence electrons. The third-order valence-electron chi connectivity index (χ3n) is 4.34. The molecule has 2 aliphatic rings. The van der Waals surface area contributed by atoms with Gasteiger partial charge in [-0.2, -0.15) is 8.78 Å². The molecule has 2 unspecified atom stereocenters. The highest BCUT2D eigenvalue weighted by Gasteiger charge is 2.31. The number of hydrogen-bond acceptors (Lipinski definition) is 3. The number of alkyl halides is 2. The van der Waals surface area contributed by atoms with Crippen LogP contribution in [0.3, 0.4) is 0 Å². The highest BCUT2D eigenvalue weighted by atomic mass is 19.3. The Kier molecular flexibility index (Phi) is 4.24. The van der Waals surface area contributed by atoms with Crippen molar-refractivity contribution >= 4 is 5.69 Å². The van der Waals surface area contributed by atoms with Crippen molar-refractivity contribution in [1.82, 2.24) is 4.90 Å². The summed E-state index contributed by atoms with van der Waals surface area (Å²) in [5.41, 5.74) is 0.616. The van der Waals surface area contributed by atoms with Crippen molar-refractivity contribution in [2.24, 2.45) is 0 Å². The second kappa shape index (κ2) is 6.13. The summed E-state index contributed by atoms with van der Waals surface area (Å²) in [6.07, 6.45) is 4.56. The number of hydrogen-bond donors (Lipinski definition) is 1. The molecule has 1 aromatic rings. The van der Waals surface area contributed by atoms with Gasteiger partial charge in [0.1, 0.15) is 0 Å². The fourth-order valence-electron chi connectivity index (χ4n) is 3.37. The zero-order chi connectivity index (χ0) is 14.8. The smallest absolute Gasteiger partial charge is 0.387 e. The van der Waals surface area contributed by atoms with E-state index in [9.17, 15) is 13.2 Å². The maximum absolute atomic E-state index is 13.7. The lowest BCUT2D eigenvalue weighted by Gasteiger charge is -2.35. The summed E-state index contributed by atoms with van der Waals surface area (Å²) in [4.78, 5) is 2.51. The first-order valence-electron chi connectivity index (χ1n) is 7.37. The van der Waals surface area contributed by atoms with Gasteiger partial charge in [-0.25, -0.2) is 4.39 Å². The van der Waals surface area contributed by atoms with Crippen LogP contribution in [0.5, 0.6) is 5.75 Å². The van der Waals surface area contributed by atoms with Crippen molar-refractivity contribution in [1.29, 1.82) is 0 Å². The van der Waals surface area contributed by atoms with E-state index in [0.717, 1.165) is 19.4 Å². The second-order valence-corrected chi connectivity index (χ2v) is 5.72. The molecule has 2 saturated heterocycles. The molecule has 2 heterocycles. The normalized spacial score (nSPS) is 25.9. The van der Waals surface area contributed by atoms with E-state index in [2.05, 4.69) is 15.0 Å². The van der Waals surface area contributed by atoms with Crippen LogP contribution in [-0.2, 0) is 0 Å². The number of fused-ring (bicyclic) bond motifs is 1. The average Bonchev–Trinajstić information content (AvgIpc) is 2.89. The third kappa shape index (κ3) is 3.43. The van der Waals surface area contributed by atoms with Gasteiger partial charge in [0.2, 0.25) is 0 Å². The fraction of sp³-hybridized carbons (Fsp3) is 0.600. The predicted octanol–water partition coefficient (Wildman–Crippen LogP) is 3.47. The topological polar surface area (TPSA) is 24.5 Å². The number of halogens is 3. The minimum absolute atomic E-state index is 0.311. The van der Waals surface area contributed by atoms with Crippen LogP contribution in [-0.4, -0.2) is 36.7 Å². The second-order valence-electron chi connectivity index (χ2n) is 5.72. The van der Waals surface area contributed by atoms with Crippen LogP contribution >= 0.6 is 0 Å². The molecule has 6 heteroatoms. The van der Waals surface area contributed by atoms with Crippen LogP contribution in [0.1, 0.15) is 25.7 Å². The highest BCUT2D eigenvalue weighted by Crippen LogP contribution is 2.29. The van der Waals surface area contributed by atoms with Crippen LogP contribution in [0.2, 0.25) is 0 Å². The lowest BCUT2D eigenvalue weighted by atomic mass is 9.97. The van der Waals surface area contributed by atoms with Gasteiger partial charge in [-0.05, 0) is 44.4 Å². The van der Waals surface area contributed by atoms with Crippen LogP contribution in [0.15, 0.2) is 18.2 Å². The number of rotatable bonds is 4. The van der Waals surface area contributed by atoms with Crippen molar-refractivity contribution in [3.8, 4) is 5.75 Å². The molecule has 2 fully saturated rings. The van der Waals surface area contributed by atoms with Crippen LogP contribution in [0, 0.1) is 5.82 Å². The molecule has 2 atom stereocenters. The molecule has 0 bridgehead atoms. The molecule has 0 radical (unpaired) electrons. The van der Waals surface area contributed by atoms with E-state index in [0.29, 0.717) is 17.8 Å². The lowest BCUT2D eigenvalue weighted by Crippen LogP contribution is -2.42. The van der Waals surface area contributed by atoms with Gasteiger partial charge in [-0.3, -0.25) is 0 Å². The standard InChI is InChI=1S/C15H19F3N2O/c16-13-9-10(3-4-14(13)21-15(17)18)19-11-5-7-20-6-1-2-12(20)8-11/h3-4,9,11-12,15,19H,1-2,5-8H2. The fourth-order valence-corrected chi connectivity index (χ4v) is 3.37. The van der Waals surface area contributed by atoms with E-state index in [1.165, 1.54) is 31.5 Å². The van der Waals surface area contributed by atoms with Gasteiger partial charge in [-0.1, -0.05) is 0 Å². The van der Waals surface area contributed by atoms with Gasteiger partial charge in [-0.15, -0.1) is 0 Å². The lowest BCUT2D eigenvalue weighted by molar-refractivity contribution is -0.0521. The van der Waals surface area contributed by atoms with E-state index >= 15 is 0 Å². The van der Waals surface area contributed by atoms with Gasteiger partial charge in [0.25, 0.3) is 0 Å². The number of nitrogens with one attached hydrogen (secondary N) is 1. The van der Waals surface area contributed by atoms with Gasteiger partial charge in [0.15, 0.2) is 11.6 Å². The minimum Gasteiger partial charge on any atom is -0.432 e. The largest absolute Gasteiger partial charge is 0.432 e. The molecule has 3 rings (SSSR count). The Morgan fingerprint density at radius 2 is 2.10 bits per heavy atom. The number of ether oxygens (including phenoxy) is 1. The van der Waals surface area contributed by atoms with Crippen molar-refractivity contribution in [3.05, 3.63) is 24.0 Å². The number of benzene rings is 1. The van der Waals surface area contributed by atoms with E-state index < -0.39 is 18.2 Å². The molecular weight excluding hydrogens is 281 g/mol. The third-order valence-corrected chi connectivity index (χ3v) is 4.34. The first kappa shape index (κ1) is 14.5. The molecule has 2 aliphatic heterocycles. The Morgan fingerprint density at radius 3 is 2.86 bits per heavy atom. The SMILES string of the molecule is Fc1cc(NC2CCN3CCCC3C2)ccc1OC(F)F. The van der Waals surface area contributed by atoms with Gasteiger partial charge < -0.3 is 15.0 Å². The maximum Gasteiger partial charge on any atom is 0.387 e. The predicted molar refractivity (Wildman–Crippen MR) is 74.3 cm³/mol. The van der Waals surface area contributed by atoms with Gasteiger partial charge in [0, 0.05) is 30.4 Å². The Hall–Kier alpha value is -1.43. The zero-order valence-electron chi connectivity index (χ0n) is 11.7. The Balaban J connectivity index is 1.61. The molecule has 0 saturated carbocycles. The molecular formula is C15H19F3N2O. The van der Waals surface area contributed by atoms with Gasteiger partial charge >= 0.3 is 6.61 Å². The van der Waals surface area contributed by atoms with E-state index in [1.807, 2.05) is 0 Å². The average molecular weight is 300 g/mol. The summed E-state index contributed by atoms with van der Waals surface area (Å²) in [5.74, 6) is -1.18. The van der Waals surface area contributed by atoms with Gasteiger partial charge in [0.05, 0.1) is 0 Å². The Bertz CT molecular complexity index is 498. The Morgan fingerprint density at radius 1 is 1.24 bits per heavy atom. The molecule has 21 heavy (non-hydrogen) atoms. The summed E-state index contributed by atoms with van der Waals surface area (Å²) >= 11 is 0. The molecule has 0 aromatic heterocycles. The monoisotopic (exact) mass is 300 g/mol. The molecule has 3 nitrogen and oxygen atoms in total. The van der Waals surface area contributed by atoms with Crippen molar-refractivity contribution in [3.63, 3.8) is 0 Å². The van der Waals surface area contributed by atoms with Crippen molar-refractivity contribution in [2.75, 3.05) is 18.4 Å². The molecule has 1 aromatic carbocycles.